The Morgan fingerprint density at radius 3 is 2.42 bits per heavy atom. The van der Waals surface area contributed by atoms with E-state index in [0.29, 0.717) is 19.3 Å². The van der Waals surface area contributed by atoms with Crippen molar-refractivity contribution < 1.29 is 19.9 Å². The first-order valence-electron chi connectivity index (χ1n) is 8.70. The van der Waals surface area contributed by atoms with E-state index < -0.39 is 22.1 Å². The highest BCUT2D eigenvalue weighted by atomic mass is 16.6. The average molecular weight is 360 g/mol. The number of nitrogens with zero attached hydrogens (tertiary/aromatic N) is 2. The summed E-state index contributed by atoms with van der Waals surface area (Å²) < 4.78 is 0. The Bertz CT molecular complexity index is 758. The van der Waals surface area contributed by atoms with Gasteiger partial charge >= 0.3 is 5.69 Å². The monoisotopic (exact) mass is 360 g/mol. The molecule has 0 aliphatic rings. The molecule has 0 unspecified atom stereocenters. The number of hydrogen-bond acceptors (Lipinski definition) is 6. The molecule has 2 N–H and O–H groups in total. The van der Waals surface area contributed by atoms with Gasteiger partial charge in [-0.05, 0) is 43.4 Å². The van der Waals surface area contributed by atoms with Crippen LogP contribution in [0.3, 0.4) is 0 Å². The van der Waals surface area contributed by atoms with Crippen LogP contribution in [0.1, 0.15) is 57.6 Å². The number of carbonyl (C=O) groups is 1. The molecule has 0 bridgehead atoms. The Kier molecular flexibility index (Phi) is 7.78. The number of nitro groups is 1. The van der Waals surface area contributed by atoms with E-state index >= 15 is 0 Å². The molecule has 0 saturated heterocycles. The molecule has 1 aromatic rings. The first kappa shape index (κ1) is 21.2. The smallest absolute Gasteiger partial charge is 0.318 e. The van der Waals surface area contributed by atoms with Gasteiger partial charge in [0.2, 0.25) is 5.75 Å². The van der Waals surface area contributed by atoms with Crippen molar-refractivity contribution in [3.63, 3.8) is 0 Å². The Hall–Kier alpha value is -2.88. The van der Waals surface area contributed by atoms with Crippen LogP contribution in [0.4, 0.5) is 5.69 Å². The van der Waals surface area contributed by atoms with E-state index in [1.165, 1.54) is 6.08 Å². The maximum absolute atomic E-state index is 12.5. The Labute approximate surface area is 152 Å². The zero-order valence-corrected chi connectivity index (χ0v) is 15.3. The van der Waals surface area contributed by atoms with Crippen LogP contribution in [-0.2, 0) is 11.2 Å². The molecule has 0 spiro atoms. The fourth-order valence-electron chi connectivity index (χ4n) is 2.84. The Morgan fingerprint density at radius 1 is 1.35 bits per heavy atom. The number of nitro benzene ring substituents is 1. The zero-order valence-electron chi connectivity index (χ0n) is 15.3. The first-order valence-corrected chi connectivity index (χ1v) is 8.70. The van der Waals surface area contributed by atoms with Gasteiger partial charge in [-0.3, -0.25) is 14.9 Å². The van der Waals surface area contributed by atoms with Crippen LogP contribution in [0.2, 0.25) is 0 Å². The maximum Gasteiger partial charge on any atom is 0.318 e. The summed E-state index contributed by atoms with van der Waals surface area (Å²) in [5.74, 6) is -2.09. The van der Waals surface area contributed by atoms with Crippen molar-refractivity contribution in [3.8, 4) is 17.6 Å². The van der Waals surface area contributed by atoms with Crippen LogP contribution in [-0.4, -0.2) is 20.9 Å². The lowest BCUT2D eigenvalue weighted by Gasteiger charge is -2.12. The van der Waals surface area contributed by atoms with Crippen LogP contribution in [0, 0.1) is 27.4 Å². The third-order valence-electron chi connectivity index (χ3n) is 4.40. The molecule has 7 heteroatoms. The van der Waals surface area contributed by atoms with E-state index in [9.17, 15) is 30.4 Å². The number of benzene rings is 1. The number of ketones is 1. The molecule has 0 atom stereocenters. The molecule has 0 aliphatic carbocycles. The predicted molar refractivity (Wildman–Crippen MR) is 97.7 cm³/mol. The number of hydrogen-bond donors (Lipinski definition) is 2. The van der Waals surface area contributed by atoms with Crippen molar-refractivity contribution in [2.24, 2.45) is 5.92 Å². The number of carbonyl (C=O) groups excluding carboxylic acids is 1. The van der Waals surface area contributed by atoms with E-state index in [0.717, 1.165) is 12.5 Å². The third-order valence-corrected chi connectivity index (χ3v) is 4.40. The minimum Gasteiger partial charge on any atom is -0.504 e. The summed E-state index contributed by atoms with van der Waals surface area (Å²) in [4.78, 5) is 23.1. The number of rotatable bonds is 9. The summed E-state index contributed by atoms with van der Waals surface area (Å²) in [5, 5.41) is 40.5. The number of phenolic OH excluding ortho intramolecular Hbond substituents is 2. The molecule has 0 heterocycles. The third kappa shape index (κ3) is 4.60. The van der Waals surface area contributed by atoms with Gasteiger partial charge in [-0.1, -0.05) is 27.2 Å². The van der Waals surface area contributed by atoms with Gasteiger partial charge in [-0.2, -0.15) is 5.26 Å². The molecule has 0 fully saturated rings. The van der Waals surface area contributed by atoms with Crippen LogP contribution >= 0.6 is 0 Å². The van der Waals surface area contributed by atoms with E-state index in [2.05, 4.69) is 0 Å². The number of phenols is 2. The molecule has 0 aromatic heterocycles. The van der Waals surface area contributed by atoms with Crippen LogP contribution in [0.5, 0.6) is 11.5 Å². The zero-order chi connectivity index (χ0) is 19.9. The highest BCUT2D eigenvalue weighted by Gasteiger charge is 2.27. The molecule has 0 amide bonds. The lowest BCUT2D eigenvalue weighted by Crippen LogP contribution is -2.14. The van der Waals surface area contributed by atoms with Gasteiger partial charge in [-0.15, -0.1) is 0 Å². The highest BCUT2D eigenvalue weighted by Crippen LogP contribution is 2.41. The van der Waals surface area contributed by atoms with Gasteiger partial charge in [-0.25, -0.2) is 0 Å². The van der Waals surface area contributed by atoms with Crippen molar-refractivity contribution in [2.45, 2.75) is 52.9 Å². The molecule has 1 rings (SSSR count). The molecular weight excluding hydrogens is 336 g/mol. The minimum absolute atomic E-state index is 0.115. The average Bonchev–Trinajstić information content (AvgIpc) is 2.61. The van der Waals surface area contributed by atoms with Gasteiger partial charge in [0.1, 0.15) is 6.07 Å². The second-order valence-corrected chi connectivity index (χ2v) is 6.07. The molecule has 0 saturated carbocycles. The van der Waals surface area contributed by atoms with E-state index in [4.69, 9.17) is 0 Å². The summed E-state index contributed by atoms with van der Waals surface area (Å²) in [6.45, 7) is 5.62. The lowest BCUT2D eigenvalue weighted by atomic mass is 9.90. The Morgan fingerprint density at radius 2 is 1.96 bits per heavy atom. The van der Waals surface area contributed by atoms with Crippen molar-refractivity contribution in [1.29, 1.82) is 5.26 Å². The largest absolute Gasteiger partial charge is 0.504 e. The SMILES string of the molecule is CCCCc1c(/C=C(/C#N)C(=O)C(CC)CC)cc(O)c(O)c1[N+](=O)[O-]. The van der Waals surface area contributed by atoms with Crippen molar-refractivity contribution >= 4 is 17.5 Å². The summed E-state index contributed by atoms with van der Waals surface area (Å²) in [5.41, 5.74) is -0.290. The normalized spacial score (nSPS) is 11.4. The maximum atomic E-state index is 12.5. The molecule has 140 valence electrons. The number of aromatic hydroxyl groups is 2. The van der Waals surface area contributed by atoms with Gasteiger partial charge in [0.25, 0.3) is 0 Å². The quantitative estimate of drug-likeness (QED) is 0.223. The van der Waals surface area contributed by atoms with Crippen molar-refractivity contribution in [3.05, 3.63) is 32.9 Å². The fourth-order valence-corrected chi connectivity index (χ4v) is 2.84. The topological polar surface area (TPSA) is 124 Å². The lowest BCUT2D eigenvalue weighted by molar-refractivity contribution is -0.386. The highest BCUT2D eigenvalue weighted by molar-refractivity contribution is 6.04. The molecular formula is C19H24N2O5. The number of nitriles is 1. The van der Waals surface area contributed by atoms with Crippen molar-refractivity contribution in [2.75, 3.05) is 0 Å². The van der Waals surface area contributed by atoms with E-state index in [1.54, 1.807) is 0 Å². The summed E-state index contributed by atoms with van der Waals surface area (Å²) in [6, 6.07) is 3.02. The second kappa shape index (κ2) is 9.56. The standard InChI is InChI=1S/C19H24N2O5/c1-4-7-8-15-13(10-16(22)19(24)17(15)21(25)26)9-14(11-20)18(23)12(5-2)6-3/h9-10,12,22,24H,4-8H2,1-3H3/b14-9-. The Balaban J connectivity index is 3.61. The number of allylic oxidation sites excluding steroid dienone is 1. The minimum atomic E-state index is -0.803. The van der Waals surface area contributed by atoms with Gasteiger partial charge in [0, 0.05) is 11.5 Å². The van der Waals surface area contributed by atoms with E-state index in [-0.39, 0.29) is 34.8 Å². The summed E-state index contributed by atoms with van der Waals surface area (Å²) in [6.07, 6.45) is 4.10. The van der Waals surface area contributed by atoms with Gasteiger partial charge in [0.05, 0.1) is 10.5 Å². The van der Waals surface area contributed by atoms with Gasteiger partial charge in [0.15, 0.2) is 11.5 Å². The first-order chi connectivity index (χ1) is 12.3. The van der Waals surface area contributed by atoms with Crippen LogP contribution < -0.4 is 0 Å². The molecule has 26 heavy (non-hydrogen) atoms. The van der Waals surface area contributed by atoms with Crippen LogP contribution in [0.15, 0.2) is 11.6 Å². The van der Waals surface area contributed by atoms with Crippen molar-refractivity contribution in [1.82, 2.24) is 0 Å². The fraction of sp³-hybridized carbons (Fsp3) is 0.474. The molecule has 1 aromatic carbocycles. The van der Waals surface area contributed by atoms with E-state index in [1.807, 2.05) is 26.8 Å². The molecule has 0 aliphatic heterocycles. The second-order valence-electron chi connectivity index (χ2n) is 6.07. The predicted octanol–water partition coefficient (Wildman–Crippen LogP) is 4.26. The number of unbranched alkanes of at least 4 members (excludes halogenated alkanes) is 1. The molecule has 7 nitrogen and oxygen atoms in total. The summed E-state index contributed by atoms with van der Waals surface area (Å²) in [7, 11) is 0. The summed E-state index contributed by atoms with van der Waals surface area (Å²) >= 11 is 0. The number of Topliss-reactive ketones (excluding diaryl/α,β-unsaturated/α-hetero) is 1. The molecule has 0 radical (unpaired) electrons. The van der Waals surface area contributed by atoms with Gasteiger partial charge < -0.3 is 10.2 Å². The van der Waals surface area contributed by atoms with Crippen LogP contribution in [0.25, 0.3) is 6.08 Å².